The topological polar surface area (TPSA) is 69.7 Å². The molecule has 0 bridgehead atoms. The molecule has 26 heavy (non-hydrogen) atoms. The molecule has 1 saturated carbocycles. The van der Waals surface area contributed by atoms with Gasteiger partial charge in [-0.1, -0.05) is 31.7 Å². The van der Waals surface area contributed by atoms with E-state index >= 15 is 0 Å². The summed E-state index contributed by atoms with van der Waals surface area (Å²) in [4.78, 5) is 14.7. The molecule has 1 N–H and O–H groups in total. The maximum Gasteiger partial charge on any atom is 0.252 e. The Bertz CT molecular complexity index is 675. The first-order valence-corrected chi connectivity index (χ1v) is 11.9. The van der Waals surface area contributed by atoms with Crippen LogP contribution in [0.1, 0.15) is 45.4 Å². The molecule has 2 heterocycles. The highest BCUT2D eigenvalue weighted by atomic mass is 32.2. The summed E-state index contributed by atoms with van der Waals surface area (Å²) in [5.41, 5.74) is 0. The number of nitrogens with zero attached hydrogens (tertiary/aromatic N) is 2. The average molecular weight is 400 g/mol. The van der Waals surface area contributed by atoms with Crippen LogP contribution in [0.4, 0.5) is 0 Å². The van der Waals surface area contributed by atoms with Gasteiger partial charge < -0.3 is 5.32 Å². The largest absolute Gasteiger partial charge is 0.352 e. The lowest BCUT2D eigenvalue weighted by atomic mass is 10.1. The fraction of sp³-hybridized carbons (Fsp3) is 0.722. The molecule has 146 valence electrons. The number of sulfonamides is 1. The van der Waals surface area contributed by atoms with Crippen LogP contribution in [0.2, 0.25) is 0 Å². The number of hydrogen-bond donors (Lipinski definition) is 1. The lowest BCUT2D eigenvalue weighted by molar-refractivity contribution is -0.127. The SMILES string of the molecule is C[C@@H](C(=O)NC1CCCCCC1)N1CCN(S(=O)(=O)c2cccs2)CC1. The normalized spacial score (nSPS) is 22.7. The number of rotatable bonds is 5. The quantitative estimate of drug-likeness (QED) is 0.771. The Kier molecular flexibility index (Phi) is 6.71. The van der Waals surface area contributed by atoms with Gasteiger partial charge in [-0.3, -0.25) is 9.69 Å². The fourth-order valence-corrected chi connectivity index (χ4v) is 6.35. The van der Waals surface area contributed by atoms with Gasteiger partial charge in [-0.2, -0.15) is 4.31 Å². The second-order valence-electron chi connectivity index (χ2n) is 7.25. The number of hydrogen-bond acceptors (Lipinski definition) is 5. The van der Waals surface area contributed by atoms with Gasteiger partial charge in [0.15, 0.2) is 0 Å². The molecule has 0 spiro atoms. The van der Waals surface area contributed by atoms with Crippen molar-refractivity contribution in [1.29, 1.82) is 0 Å². The lowest BCUT2D eigenvalue weighted by Crippen LogP contribution is -2.55. The number of carbonyl (C=O) groups is 1. The molecule has 0 aromatic carbocycles. The van der Waals surface area contributed by atoms with E-state index in [1.54, 1.807) is 17.5 Å². The van der Waals surface area contributed by atoms with Crippen LogP contribution < -0.4 is 5.32 Å². The molecule has 1 aromatic rings. The van der Waals surface area contributed by atoms with Crippen molar-refractivity contribution < 1.29 is 13.2 Å². The zero-order chi connectivity index (χ0) is 18.6. The average Bonchev–Trinajstić information content (AvgIpc) is 3.08. The number of nitrogens with one attached hydrogen (secondary N) is 1. The van der Waals surface area contributed by atoms with E-state index in [1.165, 1.54) is 41.3 Å². The van der Waals surface area contributed by atoms with E-state index in [-0.39, 0.29) is 11.9 Å². The second-order valence-corrected chi connectivity index (χ2v) is 10.4. The van der Waals surface area contributed by atoms with E-state index in [1.807, 2.05) is 6.92 Å². The van der Waals surface area contributed by atoms with Gasteiger partial charge in [-0.15, -0.1) is 11.3 Å². The minimum Gasteiger partial charge on any atom is -0.352 e. The van der Waals surface area contributed by atoms with E-state index in [0.717, 1.165) is 12.8 Å². The van der Waals surface area contributed by atoms with Crippen LogP contribution in [0.15, 0.2) is 21.7 Å². The predicted octanol–water partition coefficient (Wildman–Crippen LogP) is 2.28. The summed E-state index contributed by atoms with van der Waals surface area (Å²) >= 11 is 1.25. The highest BCUT2D eigenvalue weighted by molar-refractivity contribution is 7.91. The van der Waals surface area contributed by atoms with Crippen LogP contribution in [0.5, 0.6) is 0 Å². The summed E-state index contributed by atoms with van der Waals surface area (Å²) in [7, 11) is -3.39. The van der Waals surface area contributed by atoms with Crippen molar-refractivity contribution >= 4 is 27.3 Å². The molecule has 1 aliphatic heterocycles. The molecule has 2 fully saturated rings. The van der Waals surface area contributed by atoms with Crippen LogP contribution in [-0.2, 0) is 14.8 Å². The second kappa shape index (κ2) is 8.82. The van der Waals surface area contributed by atoms with Crippen molar-refractivity contribution in [1.82, 2.24) is 14.5 Å². The van der Waals surface area contributed by atoms with Gasteiger partial charge in [0.2, 0.25) is 5.91 Å². The van der Waals surface area contributed by atoms with Crippen LogP contribution in [-0.4, -0.2) is 61.8 Å². The zero-order valence-corrected chi connectivity index (χ0v) is 17.0. The minimum atomic E-state index is -3.39. The summed E-state index contributed by atoms with van der Waals surface area (Å²) in [5.74, 6) is 0.0754. The van der Waals surface area contributed by atoms with Crippen molar-refractivity contribution in [3.05, 3.63) is 17.5 Å². The number of amides is 1. The fourth-order valence-electron chi connectivity index (χ4n) is 3.78. The number of thiophene rings is 1. The van der Waals surface area contributed by atoms with Gasteiger partial charge in [0.05, 0.1) is 6.04 Å². The maximum absolute atomic E-state index is 12.6. The number of carbonyl (C=O) groups excluding carboxylic acids is 1. The standard InChI is InChI=1S/C18H29N3O3S2/c1-15(18(22)19-16-7-4-2-3-5-8-16)20-10-12-21(13-11-20)26(23,24)17-9-6-14-25-17/h6,9,14-16H,2-5,7-8,10-13H2,1H3,(H,19,22)/t15-/m0/s1. The van der Waals surface area contributed by atoms with Gasteiger partial charge in [0.1, 0.15) is 4.21 Å². The predicted molar refractivity (Wildman–Crippen MR) is 104 cm³/mol. The smallest absolute Gasteiger partial charge is 0.252 e. The minimum absolute atomic E-state index is 0.0754. The first kappa shape index (κ1) is 19.8. The zero-order valence-electron chi connectivity index (χ0n) is 15.4. The van der Waals surface area contributed by atoms with Crippen molar-refractivity contribution in [3.63, 3.8) is 0 Å². The Morgan fingerprint density at radius 3 is 2.38 bits per heavy atom. The first-order valence-electron chi connectivity index (χ1n) is 9.56. The van der Waals surface area contributed by atoms with Gasteiger partial charge >= 0.3 is 0 Å². The Labute approximate surface area is 160 Å². The van der Waals surface area contributed by atoms with Crippen LogP contribution in [0.25, 0.3) is 0 Å². The Balaban J connectivity index is 1.51. The molecule has 1 amide bonds. The molecule has 2 aliphatic rings. The molecule has 1 aliphatic carbocycles. The molecule has 0 unspecified atom stereocenters. The highest BCUT2D eigenvalue weighted by Crippen LogP contribution is 2.23. The molecule has 3 rings (SSSR count). The van der Waals surface area contributed by atoms with Crippen molar-refractivity contribution in [3.8, 4) is 0 Å². The third-order valence-corrected chi connectivity index (χ3v) is 8.76. The van der Waals surface area contributed by atoms with E-state index in [0.29, 0.717) is 36.4 Å². The first-order chi connectivity index (χ1) is 12.5. The van der Waals surface area contributed by atoms with Gasteiger partial charge in [0, 0.05) is 32.2 Å². The van der Waals surface area contributed by atoms with Crippen LogP contribution >= 0.6 is 11.3 Å². The van der Waals surface area contributed by atoms with Crippen molar-refractivity contribution in [2.75, 3.05) is 26.2 Å². The molecule has 1 saturated heterocycles. The summed E-state index contributed by atoms with van der Waals surface area (Å²) in [6.45, 7) is 3.96. The molecule has 1 aromatic heterocycles. The summed E-state index contributed by atoms with van der Waals surface area (Å²) < 4.78 is 27.1. The Hall–Kier alpha value is -0.960. The molecule has 6 nitrogen and oxygen atoms in total. The van der Waals surface area contributed by atoms with Gasteiger partial charge in [-0.05, 0) is 31.2 Å². The summed E-state index contributed by atoms with van der Waals surface area (Å²) in [6.07, 6.45) is 7.07. The van der Waals surface area contributed by atoms with E-state index < -0.39 is 10.0 Å². The van der Waals surface area contributed by atoms with Crippen LogP contribution in [0, 0.1) is 0 Å². The van der Waals surface area contributed by atoms with Gasteiger partial charge in [0.25, 0.3) is 10.0 Å². The third-order valence-electron chi connectivity index (χ3n) is 5.49. The lowest BCUT2D eigenvalue weighted by Gasteiger charge is -2.37. The van der Waals surface area contributed by atoms with Crippen molar-refractivity contribution in [2.24, 2.45) is 0 Å². The molecular weight excluding hydrogens is 370 g/mol. The van der Waals surface area contributed by atoms with Gasteiger partial charge in [-0.25, -0.2) is 8.42 Å². The Morgan fingerprint density at radius 1 is 1.15 bits per heavy atom. The summed E-state index contributed by atoms with van der Waals surface area (Å²) in [6, 6.07) is 3.49. The Morgan fingerprint density at radius 2 is 1.81 bits per heavy atom. The molecule has 1 atom stereocenters. The monoisotopic (exact) mass is 399 g/mol. The van der Waals surface area contributed by atoms with E-state index in [9.17, 15) is 13.2 Å². The third kappa shape index (κ3) is 4.65. The summed E-state index contributed by atoms with van der Waals surface area (Å²) in [5, 5.41) is 4.99. The molecule has 8 heteroatoms. The highest BCUT2D eigenvalue weighted by Gasteiger charge is 2.32. The van der Waals surface area contributed by atoms with E-state index in [2.05, 4.69) is 10.2 Å². The number of piperazine rings is 1. The van der Waals surface area contributed by atoms with Crippen LogP contribution in [0.3, 0.4) is 0 Å². The molecular formula is C18H29N3O3S2. The molecule has 0 radical (unpaired) electrons. The maximum atomic E-state index is 12.6. The van der Waals surface area contributed by atoms with E-state index in [4.69, 9.17) is 0 Å². The van der Waals surface area contributed by atoms with Crippen molar-refractivity contribution in [2.45, 2.75) is 61.7 Å².